The van der Waals surface area contributed by atoms with E-state index in [2.05, 4.69) is 30.8 Å². The van der Waals surface area contributed by atoms with Gasteiger partial charge in [-0.05, 0) is 25.7 Å². The summed E-state index contributed by atoms with van der Waals surface area (Å²) < 4.78 is 2.01. The molecule has 0 bridgehead atoms. The molecule has 2 fully saturated rings. The van der Waals surface area contributed by atoms with Crippen LogP contribution in [0.4, 0.5) is 4.79 Å². The van der Waals surface area contributed by atoms with Gasteiger partial charge in [0.15, 0.2) is 10.9 Å². The van der Waals surface area contributed by atoms with Gasteiger partial charge in [0.2, 0.25) is 0 Å². The number of thiazole rings is 1. The Kier molecular flexibility index (Phi) is 6.12. The number of aliphatic imine (C=N–C) groups is 1. The Labute approximate surface area is 184 Å². The minimum Gasteiger partial charge on any atom is -0.351 e. The van der Waals surface area contributed by atoms with E-state index in [0.29, 0.717) is 6.54 Å². The number of urea groups is 1. The summed E-state index contributed by atoms with van der Waals surface area (Å²) in [6.07, 6.45) is 5.63. The number of carbonyl (C=O) groups is 2. The van der Waals surface area contributed by atoms with Gasteiger partial charge in [0, 0.05) is 37.9 Å². The lowest BCUT2D eigenvalue weighted by atomic mass is 9.79. The summed E-state index contributed by atoms with van der Waals surface area (Å²) in [5.74, 6) is 0.710. The number of amides is 3. The number of fused-ring (bicyclic) bond motifs is 1. The summed E-state index contributed by atoms with van der Waals surface area (Å²) >= 11 is 1.61. The molecule has 0 radical (unpaired) electrons. The Hall–Kier alpha value is -1.89. The van der Waals surface area contributed by atoms with E-state index in [1.165, 1.54) is 0 Å². The Balaban J connectivity index is 0.00000225. The van der Waals surface area contributed by atoms with Gasteiger partial charge in [-0.2, -0.15) is 0 Å². The molecule has 9 nitrogen and oxygen atoms in total. The number of nitrogens with zero attached hydrogens (tertiary/aromatic N) is 4. The lowest BCUT2D eigenvalue weighted by Gasteiger charge is -2.39. The first-order valence-electron chi connectivity index (χ1n) is 9.00. The highest BCUT2D eigenvalue weighted by atomic mass is 127. The number of piperidine rings is 1. The molecule has 2 aromatic rings. The van der Waals surface area contributed by atoms with Crippen molar-refractivity contribution in [3.8, 4) is 0 Å². The smallest absolute Gasteiger partial charge is 0.322 e. The molecule has 2 aliphatic rings. The second-order valence-corrected chi connectivity index (χ2v) is 7.97. The third-order valence-corrected chi connectivity index (χ3v) is 6.24. The van der Waals surface area contributed by atoms with Crippen molar-refractivity contribution in [3.05, 3.63) is 23.5 Å². The maximum Gasteiger partial charge on any atom is 0.322 e. The van der Waals surface area contributed by atoms with Gasteiger partial charge in [0.25, 0.3) is 5.91 Å². The van der Waals surface area contributed by atoms with Crippen LogP contribution in [-0.2, 0) is 11.3 Å². The van der Waals surface area contributed by atoms with Crippen LogP contribution in [0.1, 0.15) is 25.5 Å². The summed E-state index contributed by atoms with van der Waals surface area (Å²) in [5.41, 5.74) is 0.151. The van der Waals surface area contributed by atoms with Crippen LogP contribution in [0.5, 0.6) is 0 Å². The molecule has 0 aromatic carbocycles. The lowest BCUT2D eigenvalue weighted by Crippen LogP contribution is -2.55. The van der Waals surface area contributed by atoms with Gasteiger partial charge in [-0.1, -0.05) is 0 Å². The molecule has 1 atom stereocenters. The zero-order valence-corrected chi connectivity index (χ0v) is 18.9. The fraction of sp³-hybridized carbons (Fsp3) is 0.529. The molecule has 2 saturated heterocycles. The third-order valence-electron chi connectivity index (χ3n) is 5.47. The lowest BCUT2D eigenvalue weighted by molar-refractivity contribution is -0.125. The van der Waals surface area contributed by atoms with E-state index in [-0.39, 0.29) is 35.8 Å². The van der Waals surface area contributed by atoms with Crippen molar-refractivity contribution in [2.45, 2.75) is 31.8 Å². The van der Waals surface area contributed by atoms with Gasteiger partial charge < -0.3 is 15.5 Å². The fourth-order valence-corrected chi connectivity index (χ4v) is 4.60. The minimum absolute atomic E-state index is 0. The Morgan fingerprint density at radius 3 is 2.79 bits per heavy atom. The number of likely N-dealkylation sites (tertiary alicyclic amines) is 1. The second kappa shape index (κ2) is 8.23. The van der Waals surface area contributed by atoms with Crippen molar-refractivity contribution in [1.82, 2.24) is 30.2 Å². The molecule has 4 heterocycles. The molecule has 11 heteroatoms. The molecule has 2 aromatic heterocycles. The van der Waals surface area contributed by atoms with Gasteiger partial charge in [-0.25, -0.2) is 9.78 Å². The van der Waals surface area contributed by atoms with Crippen LogP contribution in [0.15, 0.2) is 22.8 Å². The Morgan fingerprint density at radius 2 is 2.18 bits per heavy atom. The first kappa shape index (κ1) is 20.8. The summed E-state index contributed by atoms with van der Waals surface area (Å²) in [6, 6.07) is -0.401. The Morgan fingerprint density at radius 1 is 1.43 bits per heavy atom. The van der Waals surface area contributed by atoms with Gasteiger partial charge in [0.1, 0.15) is 5.54 Å². The molecule has 4 rings (SSSR count). The van der Waals surface area contributed by atoms with Crippen molar-refractivity contribution in [2.75, 3.05) is 20.1 Å². The van der Waals surface area contributed by atoms with Gasteiger partial charge in [-0.3, -0.25) is 19.5 Å². The first-order chi connectivity index (χ1) is 13.0. The monoisotopic (exact) mass is 517 g/mol. The maximum absolute atomic E-state index is 12.1. The van der Waals surface area contributed by atoms with Crippen LogP contribution in [0.25, 0.3) is 4.96 Å². The van der Waals surface area contributed by atoms with Gasteiger partial charge in [0.05, 0.1) is 12.2 Å². The van der Waals surface area contributed by atoms with E-state index in [4.69, 9.17) is 0 Å². The molecule has 3 amide bonds. The molecule has 1 unspecified atom stereocenters. The standard InChI is InChI=1S/C17H23N7O2S.HI/c1-17(13(25)21-15(26)22-17)11-3-5-23(6-4-11)14(18-2)19-9-12-10-24-7-8-27-16(24)20-12;/h7-8,10-11H,3-6,9H2,1-2H3,(H,18,19)(H2,21,22,25,26);1H. The number of hydrogen-bond donors (Lipinski definition) is 3. The topological polar surface area (TPSA) is 103 Å². The van der Waals surface area contributed by atoms with Gasteiger partial charge in [-0.15, -0.1) is 35.3 Å². The van der Waals surface area contributed by atoms with Crippen LogP contribution in [-0.4, -0.2) is 57.9 Å². The van der Waals surface area contributed by atoms with Crippen LogP contribution in [0.3, 0.4) is 0 Å². The van der Waals surface area contributed by atoms with Crippen LogP contribution in [0.2, 0.25) is 0 Å². The van der Waals surface area contributed by atoms with Crippen molar-refractivity contribution < 1.29 is 9.59 Å². The number of hydrogen-bond acceptors (Lipinski definition) is 5. The molecule has 2 aliphatic heterocycles. The number of nitrogens with one attached hydrogen (secondary N) is 3. The molecular weight excluding hydrogens is 493 g/mol. The number of guanidine groups is 1. The maximum atomic E-state index is 12.1. The number of halogens is 1. The number of imide groups is 1. The van der Waals surface area contributed by atoms with Gasteiger partial charge >= 0.3 is 6.03 Å². The van der Waals surface area contributed by atoms with Crippen molar-refractivity contribution >= 4 is 58.2 Å². The first-order valence-corrected chi connectivity index (χ1v) is 9.88. The molecule has 0 saturated carbocycles. The fourth-order valence-electron chi connectivity index (χ4n) is 3.88. The molecule has 3 N–H and O–H groups in total. The van der Waals surface area contributed by atoms with E-state index < -0.39 is 11.6 Å². The quantitative estimate of drug-likeness (QED) is 0.247. The van der Waals surface area contributed by atoms with E-state index in [9.17, 15) is 9.59 Å². The normalized spacial score (nSPS) is 23.5. The van der Waals surface area contributed by atoms with E-state index in [1.54, 1.807) is 18.4 Å². The molecule has 0 spiro atoms. The SMILES string of the molecule is CN=C(NCc1cn2ccsc2n1)N1CCC(C2(C)NC(=O)NC2=O)CC1.I. The number of aromatic nitrogens is 2. The Bertz CT molecular complexity index is 874. The van der Waals surface area contributed by atoms with E-state index >= 15 is 0 Å². The summed E-state index contributed by atoms with van der Waals surface area (Å²) in [5, 5.41) is 10.5. The van der Waals surface area contributed by atoms with E-state index in [0.717, 1.165) is 42.5 Å². The number of rotatable bonds is 3. The highest BCUT2D eigenvalue weighted by Crippen LogP contribution is 2.30. The predicted octanol–water partition coefficient (Wildman–Crippen LogP) is 1.40. The number of carbonyl (C=O) groups excluding carboxylic acids is 2. The second-order valence-electron chi connectivity index (χ2n) is 7.10. The third kappa shape index (κ3) is 3.81. The summed E-state index contributed by atoms with van der Waals surface area (Å²) in [6.45, 7) is 3.98. The predicted molar refractivity (Wildman–Crippen MR) is 118 cm³/mol. The van der Waals surface area contributed by atoms with Crippen LogP contribution in [0, 0.1) is 5.92 Å². The van der Waals surface area contributed by atoms with Crippen LogP contribution < -0.4 is 16.0 Å². The van der Waals surface area contributed by atoms with E-state index in [1.807, 2.05) is 29.1 Å². The highest BCUT2D eigenvalue weighted by molar-refractivity contribution is 14.0. The highest BCUT2D eigenvalue weighted by Gasteiger charge is 2.48. The minimum atomic E-state index is -0.817. The summed E-state index contributed by atoms with van der Waals surface area (Å²) in [4.78, 5) is 35.8. The zero-order valence-electron chi connectivity index (χ0n) is 15.8. The largest absolute Gasteiger partial charge is 0.351 e. The average Bonchev–Trinajstić information content (AvgIpc) is 3.30. The number of imidazole rings is 1. The average molecular weight is 517 g/mol. The molecule has 28 heavy (non-hydrogen) atoms. The van der Waals surface area contributed by atoms with Crippen LogP contribution >= 0.6 is 35.3 Å². The van der Waals surface area contributed by atoms with Crippen molar-refractivity contribution in [3.63, 3.8) is 0 Å². The zero-order chi connectivity index (χ0) is 19.0. The molecule has 152 valence electrons. The van der Waals surface area contributed by atoms with Crippen molar-refractivity contribution in [2.24, 2.45) is 10.9 Å². The summed E-state index contributed by atoms with van der Waals surface area (Å²) in [7, 11) is 1.77. The van der Waals surface area contributed by atoms with Crippen molar-refractivity contribution in [1.29, 1.82) is 0 Å². The molecular formula is C17H24IN7O2S. The molecule has 0 aliphatic carbocycles.